The van der Waals surface area contributed by atoms with Crippen molar-refractivity contribution in [3.8, 4) is 0 Å². The van der Waals surface area contributed by atoms with Gasteiger partial charge in [0.25, 0.3) is 0 Å². The van der Waals surface area contributed by atoms with Crippen molar-refractivity contribution in [2.45, 2.75) is 57.3 Å². The quantitative estimate of drug-likeness (QED) is 0.328. The molecule has 0 saturated heterocycles. The molecule has 0 aliphatic heterocycles. The summed E-state index contributed by atoms with van der Waals surface area (Å²) in [6, 6.07) is 0. The molecule has 0 aromatic rings. The Balaban J connectivity index is 0. The summed E-state index contributed by atoms with van der Waals surface area (Å²) in [4.78, 5) is 0. The number of aliphatic hydroxyl groups excluding tert-OH is 1. The molecule has 86 valence electrons. The van der Waals surface area contributed by atoms with E-state index < -0.39 is 21.5 Å². The first-order valence-electron chi connectivity index (χ1n) is 5.02. The Morgan fingerprint density at radius 1 is 1.27 bits per heavy atom. The van der Waals surface area contributed by atoms with Crippen molar-refractivity contribution in [2.24, 2.45) is 0 Å². The molecule has 0 rings (SSSR count). The van der Waals surface area contributed by atoms with Crippen molar-refractivity contribution in [1.29, 1.82) is 0 Å². The van der Waals surface area contributed by atoms with Gasteiger partial charge in [-0.2, -0.15) is 0 Å². The van der Waals surface area contributed by atoms with Crippen molar-refractivity contribution in [2.75, 3.05) is 0 Å². The van der Waals surface area contributed by atoms with E-state index in [0.717, 1.165) is 19.3 Å². The Morgan fingerprint density at radius 2 is 1.80 bits per heavy atom. The first-order valence-corrected chi connectivity index (χ1v) is 6.49. The van der Waals surface area contributed by atoms with Crippen LogP contribution in [0.2, 0.25) is 0 Å². The SMILES string of the molecule is CCCCCCC(C(C)O)S(=O)(=O)[O-].[Na+]. The molecule has 0 radical (unpaired) electrons. The fourth-order valence-corrected chi connectivity index (χ4v) is 2.34. The van der Waals surface area contributed by atoms with Crippen LogP contribution in [0.4, 0.5) is 0 Å². The number of hydrogen-bond donors (Lipinski definition) is 1. The summed E-state index contributed by atoms with van der Waals surface area (Å²) in [5.74, 6) is 0. The molecule has 0 aromatic carbocycles. The standard InChI is InChI=1S/C9H20O4S.Na/c1-3-4-5-6-7-9(8(2)10)14(11,12)13;/h8-10H,3-7H2,1-2H3,(H,11,12,13);/q;+1/p-1. The van der Waals surface area contributed by atoms with E-state index in [-0.39, 0.29) is 36.0 Å². The minimum atomic E-state index is -4.35. The Kier molecular flexibility index (Phi) is 10.9. The van der Waals surface area contributed by atoms with Crippen molar-refractivity contribution < 1.29 is 47.6 Å². The zero-order valence-electron chi connectivity index (χ0n) is 9.77. The average molecular weight is 246 g/mol. The van der Waals surface area contributed by atoms with Gasteiger partial charge in [-0.1, -0.05) is 32.6 Å². The Labute approximate surface area is 114 Å². The van der Waals surface area contributed by atoms with Crippen molar-refractivity contribution in [3.63, 3.8) is 0 Å². The van der Waals surface area contributed by atoms with Gasteiger partial charge in [-0.25, -0.2) is 8.42 Å². The molecule has 0 heterocycles. The maximum absolute atomic E-state index is 10.7. The third-order valence-electron chi connectivity index (χ3n) is 2.25. The van der Waals surface area contributed by atoms with E-state index in [1.807, 2.05) is 0 Å². The molecule has 4 nitrogen and oxygen atoms in total. The molecule has 6 heteroatoms. The fraction of sp³-hybridized carbons (Fsp3) is 1.00. The Bertz CT molecular complexity index is 238. The molecule has 0 spiro atoms. The molecular formula is C9H19NaO4S. The van der Waals surface area contributed by atoms with Gasteiger partial charge in [0.15, 0.2) is 0 Å². The first-order chi connectivity index (χ1) is 6.39. The Hall–Kier alpha value is 0.870. The molecule has 2 unspecified atom stereocenters. The second kappa shape index (κ2) is 8.96. The first kappa shape index (κ1) is 18.2. The van der Waals surface area contributed by atoms with E-state index in [0.29, 0.717) is 6.42 Å². The Morgan fingerprint density at radius 3 is 2.13 bits per heavy atom. The zero-order valence-corrected chi connectivity index (χ0v) is 12.6. The number of aliphatic hydroxyl groups is 1. The van der Waals surface area contributed by atoms with E-state index in [2.05, 4.69) is 6.92 Å². The van der Waals surface area contributed by atoms with E-state index in [9.17, 15) is 13.0 Å². The molecule has 0 aliphatic carbocycles. The van der Waals surface area contributed by atoms with Crippen molar-refractivity contribution >= 4 is 10.1 Å². The van der Waals surface area contributed by atoms with Gasteiger partial charge in [0.05, 0.1) is 11.4 Å². The van der Waals surface area contributed by atoms with E-state index >= 15 is 0 Å². The monoisotopic (exact) mass is 246 g/mol. The third-order valence-corrected chi connectivity index (χ3v) is 3.62. The predicted molar refractivity (Wildman–Crippen MR) is 53.9 cm³/mol. The van der Waals surface area contributed by atoms with Crippen LogP contribution in [-0.4, -0.2) is 29.4 Å². The normalized spacial score (nSPS) is 15.5. The summed E-state index contributed by atoms with van der Waals surface area (Å²) < 4.78 is 32.2. The molecule has 2 atom stereocenters. The maximum Gasteiger partial charge on any atom is 1.00 e. The summed E-state index contributed by atoms with van der Waals surface area (Å²) in [6.07, 6.45) is 2.89. The van der Waals surface area contributed by atoms with Crippen LogP contribution in [0.25, 0.3) is 0 Å². The molecule has 0 saturated carbocycles. The van der Waals surface area contributed by atoms with Crippen LogP contribution >= 0.6 is 0 Å². The molecule has 15 heavy (non-hydrogen) atoms. The van der Waals surface area contributed by atoms with Gasteiger partial charge in [0.2, 0.25) is 0 Å². The van der Waals surface area contributed by atoms with Crippen molar-refractivity contribution in [1.82, 2.24) is 0 Å². The maximum atomic E-state index is 10.7. The summed E-state index contributed by atoms with van der Waals surface area (Å²) in [6.45, 7) is 3.40. The van der Waals surface area contributed by atoms with Gasteiger partial charge in [-0.05, 0) is 13.3 Å². The van der Waals surface area contributed by atoms with Gasteiger partial charge in [0.1, 0.15) is 10.1 Å². The van der Waals surface area contributed by atoms with E-state index in [4.69, 9.17) is 5.11 Å². The van der Waals surface area contributed by atoms with Crippen LogP contribution in [0.15, 0.2) is 0 Å². The summed E-state index contributed by atoms with van der Waals surface area (Å²) >= 11 is 0. The second-order valence-corrected chi connectivity index (χ2v) is 5.21. The smallest absolute Gasteiger partial charge is 0.748 e. The molecule has 0 fully saturated rings. The third kappa shape index (κ3) is 8.65. The van der Waals surface area contributed by atoms with Gasteiger partial charge < -0.3 is 9.66 Å². The van der Waals surface area contributed by atoms with Gasteiger partial charge in [-0.3, -0.25) is 0 Å². The summed E-state index contributed by atoms with van der Waals surface area (Å²) in [5, 5.41) is 7.99. The number of hydrogen-bond acceptors (Lipinski definition) is 4. The fourth-order valence-electron chi connectivity index (χ4n) is 1.40. The van der Waals surface area contributed by atoms with Crippen LogP contribution in [-0.2, 0) is 10.1 Å². The molecule has 0 aliphatic rings. The number of rotatable bonds is 7. The van der Waals surface area contributed by atoms with Crippen LogP contribution in [0.1, 0.15) is 46.0 Å². The van der Waals surface area contributed by atoms with Crippen molar-refractivity contribution in [3.05, 3.63) is 0 Å². The van der Waals surface area contributed by atoms with Gasteiger partial charge in [-0.15, -0.1) is 0 Å². The average Bonchev–Trinajstić information content (AvgIpc) is 2.01. The van der Waals surface area contributed by atoms with Crippen LogP contribution in [0, 0.1) is 0 Å². The second-order valence-electron chi connectivity index (χ2n) is 3.62. The number of unbranched alkanes of at least 4 members (excludes halogenated alkanes) is 3. The largest absolute Gasteiger partial charge is 1.00 e. The molecular weight excluding hydrogens is 227 g/mol. The molecule has 0 amide bonds. The zero-order chi connectivity index (χ0) is 11.2. The molecule has 0 bridgehead atoms. The van der Waals surface area contributed by atoms with E-state index in [1.165, 1.54) is 6.92 Å². The van der Waals surface area contributed by atoms with Gasteiger partial charge in [0, 0.05) is 0 Å². The summed E-state index contributed by atoms with van der Waals surface area (Å²) in [7, 11) is -4.35. The van der Waals surface area contributed by atoms with E-state index in [1.54, 1.807) is 0 Å². The molecule has 1 N–H and O–H groups in total. The predicted octanol–water partition coefficient (Wildman–Crippen LogP) is -1.74. The minimum Gasteiger partial charge on any atom is -0.748 e. The minimum absolute atomic E-state index is 0. The molecule has 0 aromatic heterocycles. The van der Waals surface area contributed by atoms with Crippen LogP contribution in [0.3, 0.4) is 0 Å². The van der Waals surface area contributed by atoms with Gasteiger partial charge >= 0.3 is 29.6 Å². The topological polar surface area (TPSA) is 77.4 Å². The van der Waals surface area contributed by atoms with Crippen LogP contribution in [0.5, 0.6) is 0 Å². The van der Waals surface area contributed by atoms with Crippen LogP contribution < -0.4 is 29.6 Å². The summed E-state index contributed by atoms with van der Waals surface area (Å²) in [5.41, 5.74) is 0.